The molecule has 0 aliphatic rings. The molecule has 0 aliphatic heterocycles. The fourth-order valence-electron chi connectivity index (χ4n) is 1.73. The Hall–Kier alpha value is -2.57. The normalized spacial score (nSPS) is 10.1. The van der Waals surface area contributed by atoms with E-state index in [1.54, 1.807) is 0 Å². The van der Waals surface area contributed by atoms with E-state index in [9.17, 15) is 14.9 Å². The van der Waals surface area contributed by atoms with Gasteiger partial charge in [0.15, 0.2) is 0 Å². The molecule has 0 heterocycles. The van der Waals surface area contributed by atoms with Crippen molar-refractivity contribution in [2.45, 2.75) is 0 Å². The van der Waals surface area contributed by atoms with Crippen molar-refractivity contribution in [2.75, 3.05) is 6.61 Å². The van der Waals surface area contributed by atoms with Crippen molar-refractivity contribution in [3.63, 3.8) is 0 Å². The summed E-state index contributed by atoms with van der Waals surface area (Å²) in [5, 5.41) is 11.5. The van der Waals surface area contributed by atoms with Crippen LogP contribution in [0.25, 0.3) is 0 Å². The van der Waals surface area contributed by atoms with Crippen molar-refractivity contribution in [1.29, 1.82) is 0 Å². The Morgan fingerprint density at radius 3 is 2.46 bits per heavy atom. The number of halogens is 2. The quantitative estimate of drug-likeness (QED) is 0.410. The smallest absolute Gasteiger partial charge is 0.338 e. The third kappa shape index (κ3) is 4.71. The molecule has 0 saturated heterocycles. The third-order valence-corrected chi connectivity index (χ3v) is 3.14. The van der Waals surface area contributed by atoms with Crippen LogP contribution < -0.4 is 4.74 Å². The first kappa shape index (κ1) is 17.8. The summed E-state index contributed by atoms with van der Waals surface area (Å²) >= 11 is 11.3. The number of benzene rings is 2. The van der Waals surface area contributed by atoms with Crippen LogP contribution in [0.2, 0.25) is 5.02 Å². The van der Waals surface area contributed by atoms with Crippen molar-refractivity contribution >= 4 is 34.9 Å². The van der Waals surface area contributed by atoms with Crippen LogP contribution in [0.3, 0.4) is 0 Å². The number of nitro groups is 1. The van der Waals surface area contributed by atoms with Gasteiger partial charge in [-0.3, -0.25) is 10.1 Å². The van der Waals surface area contributed by atoms with E-state index >= 15 is 0 Å². The fourth-order valence-corrected chi connectivity index (χ4v) is 1.95. The molecule has 0 spiro atoms. The van der Waals surface area contributed by atoms with Gasteiger partial charge in [-0.05, 0) is 36.4 Å². The second kappa shape index (κ2) is 7.81. The summed E-state index contributed by atoms with van der Waals surface area (Å²) in [6.07, 6.45) is 0. The Bertz CT molecular complexity index is 790. The molecule has 0 radical (unpaired) electrons. The van der Waals surface area contributed by atoms with Gasteiger partial charge in [-0.25, -0.2) is 4.79 Å². The molecule has 2 aromatic rings. The lowest BCUT2D eigenvalue weighted by Crippen LogP contribution is -2.06. The molecule has 0 bridgehead atoms. The molecule has 124 valence electrons. The van der Waals surface area contributed by atoms with E-state index in [1.807, 2.05) is 0 Å². The average Bonchev–Trinajstić information content (AvgIpc) is 2.54. The third-order valence-electron chi connectivity index (χ3n) is 2.80. The summed E-state index contributed by atoms with van der Waals surface area (Å²) in [5.74, 6) is -0.210. The molecule has 0 N–H and O–H groups in total. The highest BCUT2D eigenvalue weighted by atomic mass is 35.5. The van der Waals surface area contributed by atoms with Gasteiger partial charge >= 0.3 is 11.7 Å². The van der Waals surface area contributed by atoms with E-state index in [0.717, 1.165) is 0 Å². The second-order valence-electron chi connectivity index (χ2n) is 4.59. The zero-order valence-corrected chi connectivity index (χ0v) is 13.7. The van der Waals surface area contributed by atoms with Gasteiger partial charge in [0.2, 0.25) is 5.75 Å². The SMILES string of the molecule is C=C(Cl)COC(=O)c1ccc(Oc2ccc(Cl)cc2[N+](=O)[O-])cc1. The summed E-state index contributed by atoms with van der Waals surface area (Å²) < 4.78 is 10.4. The molecule has 24 heavy (non-hydrogen) atoms. The molecular weight excluding hydrogens is 357 g/mol. The maximum absolute atomic E-state index is 11.7. The molecule has 0 atom stereocenters. The van der Waals surface area contributed by atoms with Crippen molar-refractivity contribution in [3.05, 3.63) is 74.8 Å². The van der Waals surface area contributed by atoms with Crippen LogP contribution in [0.5, 0.6) is 11.5 Å². The highest BCUT2D eigenvalue weighted by molar-refractivity contribution is 6.30. The van der Waals surface area contributed by atoms with Gasteiger partial charge in [-0.1, -0.05) is 29.8 Å². The maximum Gasteiger partial charge on any atom is 0.338 e. The molecule has 0 unspecified atom stereocenters. The van der Waals surface area contributed by atoms with Crippen molar-refractivity contribution in [3.8, 4) is 11.5 Å². The summed E-state index contributed by atoms with van der Waals surface area (Å²) in [5.41, 5.74) is 0.0254. The minimum Gasteiger partial charge on any atom is -0.456 e. The first-order valence-corrected chi connectivity index (χ1v) is 7.34. The molecule has 0 aliphatic carbocycles. The number of carbonyl (C=O) groups is 1. The van der Waals surface area contributed by atoms with Crippen LogP contribution in [-0.2, 0) is 4.74 Å². The van der Waals surface area contributed by atoms with Crippen LogP contribution in [-0.4, -0.2) is 17.5 Å². The zero-order valence-electron chi connectivity index (χ0n) is 12.2. The number of nitrogens with zero attached hydrogens (tertiary/aromatic N) is 1. The van der Waals surface area contributed by atoms with E-state index in [4.69, 9.17) is 32.7 Å². The highest BCUT2D eigenvalue weighted by Crippen LogP contribution is 2.33. The summed E-state index contributed by atoms with van der Waals surface area (Å²) in [6.45, 7) is 3.33. The first-order valence-electron chi connectivity index (χ1n) is 6.59. The number of rotatable bonds is 6. The van der Waals surface area contributed by atoms with E-state index in [2.05, 4.69) is 6.58 Å². The van der Waals surface area contributed by atoms with Gasteiger partial charge < -0.3 is 9.47 Å². The van der Waals surface area contributed by atoms with Crippen molar-refractivity contribution in [1.82, 2.24) is 0 Å². The minimum atomic E-state index is -0.591. The Labute approximate surface area is 147 Å². The minimum absolute atomic E-state index is 0.0400. The highest BCUT2D eigenvalue weighted by Gasteiger charge is 2.16. The number of ether oxygens (including phenoxy) is 2. The lowest BCUT2D eigenvalue weighted by Gasteiger charge is -2.08. The Morgan fingerprint density at radius 1 is 1.21 bits per heavy atom. The van der Waals surface area contributed by atoms with Crippen molar-refractivity contribution < 1.29 is 19.2 Å². The predicted molar refractivity (Wildman–Crippen MR) is 89.9 cm³/mol. The maximum atomic E-state index is 11.7. The molecule has 8 heteroatoms. The van der Waals surface area contributed by atoms with Crippen LogP contribution in [0, 0.1) is 10.1 Å². The van der Waals surface area contributed by atoms with Crippen LogP contribution in [0.4, 0.5) is 5.69 Å². The number of nitro benzene ring substituents is 1. The summed E-state index contributed by atoms with van der Waals surface area (Å²) in [7, 11) is 0. The Balaban J connectivity index is 2.14. The number of esters is 1. The zero-order chi connectivity index (χ0) is 17.7. The predicted octanol–water partition coefficient (Wildman–Crippen LogP) is 4.95. The van der Waals surface area contributed by atoms with Crippen molar-refractivity contribution in [2.24, 2.45) is 0 Å². The Kier molecular flexibility index (Phi) is 5.78. The van der Waals surface area contributed by atoms with Crippen LogP contribution >= 0.6 is 23.2 Å². The van der Waals surface area contributed by atoms with Gasteiger partial charge in [-0.15, -0.1) is 0 Å². The molecule has 6 nitrogen and oxygen atoms in total. The van der Waals surface area contributed by atoms with Crippen LogP contribution in [0.15, 0.2) is 54.1 Å². The van der Waals surface area contributed by atoms with E-state index < -0.39 is 10.9 Å². The fraction of sp³-hybridized carbons (Fsp3) is 0.0625. The van der Waals surface area contributed by atoms with Gasteiger partial charge in [0.1, 0.15) is 12.4 Å². The molecule has 2 aromatic carbocycles. The standard InChI is InChI=1S/C16H11Cl2NO5/c1-10(17)9-23-16(20)11-2-5-13(6-3-11)24-15-7-4-12(18)8-14(15)19(21)22/h2-8H,1,9H2. The van der Waals surface area contributed by atoms with Gasteiger partial charge in [0, 0.05) is 16.1 Å². The van der Waals surface area contributed by atoms with Gasteiger partial charge in [-0.2, -0.15) is 0 Å². The lowest BCUT2D eigenvalue weighted by molar-refractivity contribution is -0.385. The van der Waals surface area contributed by atoms with E-state index in [-0.39, 0.29) is 33.7 Å². The molecule has 0 fully saturated rings. The number of hydrogen-bond donors (Lipinski definition) is 0. The largest absolute Gasteiger partial charge is 0.456 e. The molecule has 0 amide bonds. The lowest BCUT2D eigenvalue weighted by atomic mass is 10.2. The molecule has 0 aromatic heterocycles. The van der Waals surface area contributed by atoms with E-state index in [0.29, 0.717) is 5.75 Å². The molecule has 0 saturated carbocycles. The Morgan fingerprint density at radius 2 is 1.88 bits per heavy atom. The van der Waals surface area contributed by atoms with E-state index in [1.165, 1.54) is 42.5 Å². The summed E-state index contributed by atoms with van der Waals surface area (Å²) in [4.78, 5) is 22.2. The monoisotopic (exact) mass is 367 g/mol. The molecule has 2 rings (SSSR count). The first-order chi connectivity index (χ1) is 11.4. The number of hydrogen-bond acceptors (Lipinski definition) is 5. The van der Waals surface area contributed by atoms with Crippen LogP contribution in [0.1, 0.15) is 10.4 Å². The number of carbonyl (C=O) groups excluding carboxylic acids is 1. The second-order valence-corrected chi connectivity index (χ2v) is 5.56. The van der Waals surface area contributed by atoms with Gasteiger partial charge in [0.05, 0.1) is 10.5 Å². The van der Waals surface area contributed by atoms with Gasteiger partial charge in [0.25, 0.3) is 0 Å². The summed E-state index contributed by atoms with van der Waals surface area (Å²) in [6, 6.07) is 9.99. The molecular formula is C16H11Cl2NO5. The topological polar surface area (TPSA) is 78.7 Å². The average molecular weight is 368 g/mol.